The molecule has 5 aromatic rings. The Morgan fingerprint density at radius 3 is 2.02 bits per heavy atom. The zero-order valence-corrected chi connectivity index (χ0v) is 25.3. The third kappa shape index (κ3) is 5.96. The molecular weight excluding hydrogens is 548 g/mol. The lowest BCUT2D eigenvalue weighted by atomic mass is 9.99. The highest BCUT2D eigenvalue weighted by molar-refractivity contribution is 6.08. The van der Waals surface area contributed by atoms with Crippen LogP contribution in [0.1, 0.15) is 41.0 Å². The summed E-state index contributed by atoms with van der Waals surface area (Å²) < 4.78 is 7.07. The van der Waals surface area contributed by atoms with Crippen molar-refractivity contribution in [2.45, 2.75) is 25.9 Å². The molecule has 7 heteroatoms. The average Bonchev–Trinajstić information content (AvgIpc) is 3.08. The summed E-state index contributed by atoms with van der Waals surface area (Å²) in [5.74, 6) is 0.666. The molecule has 1 N–H and O–H groups in total. The first kappa shape index (κ1) is 29.2. The largest absolute Gasteiger partial charge is 0.497 e. The van der Waals surface area contributed by atoms with Crippen LogP contribution in [0.3, 0.4) is 0 Å². The number of nitrogens with zero attached hydrogens (tertiary/aromatic N) is 3. The number of hydrogen-bond donors (Lipinski definition) is 1. The number of rotatable bonds is 9. The van der Waals surface area contributed by atoms with Crippen LogP contribution in [-0.2, 0) is 6.54 Å². The summed E-state index contributed by atoms with van der Waals surface area (Å²) in [7, 11) is 1.67. The minimum Gasteiger partial charge on any atom is -0.497 e. The fourth-order valence-corrected chi connectivity index (χ4v) is 6.16. The highest BCUT2D eigenvalue weighted by Gasteiger charge is 2.27. The molecule has 4 aromatic carbocycles. The molecule has 1 aromatic heterocycles. The molecule has 0 unspecified atom stereocenters. The first-order chi connectivity index (χ1) is 21.6. The number of aromatic nitrogens is 1. The molecule has 1 aliphatic rings. The molecule has 0 radical (unpaired) electrons. The summed E-state index contributed by atoms with van der Waals surface area (Å²) in [6.07, 6.45) is 0.745. The lowest BCUT2D eigenvalue weighted by Gasteiger charge is -2.37. The van der Waals surface area contributed by atoms with E-state index in [2.05, 4.69) is 34.2 Å². The van der Waals surface area contributed by atoms with E-state index in [0.29, 0.717) is 28.6 Å². The van der Waals surface area contributed by atoms with Gasteiger partial charge in [-0.25, -0.2) is 0 Å². The number of methoxy groups -OCH3 is 1. The van der Waals surface area contributed by atoms with E-state index < -0.39 is 0 Å². The van der Waals surface area contributed by atoms with E-state index in [1.165, 1.54) is 0 Å². The Morgan fingerprint density at radius 1 is 0.773 bits per heavy atom. The number of anilines is 1. The van der Waals surface area contributed by atoms with Gasteiger partial charge in [-0.3, -0.25) is 19.1 Å². The van der Waals surface area contributed by atoms with E-state index in [1.807, 2.05) is 97.1 Å². The van der Waals surface area contributed by atoms with E-state index in [4.69, 9.17) is 4.74 Å². The highest BCUT2D eigenvalue weighted by Crippen LogP contribution is 2.27. The van der Waals surface area contributed by atoms with Crippen LogP contribution in [0.4, 0.5) is 5.69 Å². The van der Waals surface area contributed by atoms with Gasteiger partial charge in [-0.05, 0) is 54.4 Å². The molecule has 0 bridgehead atoms. The van der Waals surface area contributed by atoms with Gasteiger partial charge in [0.25, 0.3) is 11.5 Å². The number of fused-ring (bicyclic) bond motifs is 1. The van der Waals surface area contributed by atoms with E-state index in [9.17, 15) is 9.59 Å². The van der Waals surface area contributed by atoms with Crippen molar-refractivity contribution >= 4 is 22.4 Å². The lowest BCUT2D eigenvalue weighted by Crippen LogP contribution is -2.47. The number of carbonyl (C=O) groups is 1. The predicted octanol–water partition coefficient (Wildman–Crippen LogP) is 6.20. The van der Waals surface area contributed by atoms with Crippen molar-refractivity contribution in [3.63, 3.8) is 0 Å². The van der Waals surface area contributed by atoms with Crippen molar-refractivity contribution in [3.8, 4) is 11.4 Å². The Labute approximate surface area is 258 Å². The number of carbonyl (C=O) groups excluding carboxylic acids is 1. The molecule has 1 saturated heterocycles. The topological polar surface area (TPSA) is 66.8 Å². The minimum absolute atomic E-state index is 0.120. The lowest BCUT2D eigenvalue weighted by molar-refractivity contribution is 0.0934. The van der Waals surface area contributed by atoms with Crippen LogP contribution in [0.15, 0.2) is 114 Å². The molecule has 224 valence electrons. The van der Waals surface area contributed by atoms with Crippen LogP contribution in [0.5, 0.6) is 5.75 Å². The summed E-state index contributed by atoms with van der Waals surface area (Å²) in [6.45, 7) is 5.81. The first-order valence-electron chi connectivity index (χ1n) is 15.3. The highest BCUT2D eigenvalue weighted by atomic mass is 16.5. The number of benzene rings is 4. The predicted molar refractivity (Wildman–Crippen MR) is 177 cm³/mol. The molecule has 7 nitrogen and oxygen atoms in total. The van der Waals surface area contributed by atoms with Gasteiger partial charge in [-0.1, -0.05) is 73.7 Å². The Hall–Kier alpha value is -4.88. The molecular formula is C37H38N4O3. The Kier molecular flexibility index (Phi) is 8.75. The van der Waals surface area contributed by atoms with Crippen LogP contribution >= 0.6 is 0 Å². The van der Waals surface area contributed by atoms with Gasteiger partial charge in [-0.2, -0.15) is 0 Å². The van der Waals surface area contributed by atoms with Crippen molar-refractivity contribution in [2.75, 3.05) is 38.2 Å². The SMILES string of the molecule is CC[C@H](NC(=O)c1c(CN2CCN(c3ccc(OC)cc3)CC2)n(-c2ccccc2)c(=O)c2ccccc12)c1ccccc1. The summed E-state index contributed by atoms with van der Waals surface area (Å²) in [5.41, 5.74) is 4.10. The molecule has 0 saturated carbocycles. The normalized spacial score (nSPS) is 14.4. The van der Waals surface area contributed by atoms with Gasteiger partial charge in [0.1, 0.15) is 5.75 Å². The number of nitrogens with one attached hydrogen (secondary N) is 1. The maximum Gasteiger partial charge on any atom is 0.263 e. The van der Waals surface area contributed by atoms with Crippen LogP contribution < -0.4 is 20.5 Å². The first-order valence-corrected chi connectivity index (χ1v) is 15.3. The van der Waals surface area contributed by atoms with Gasteiger partial charge >= 0.3 is 0 Å². The zero-order valence-electron chi connectivity index (χ0n) is 25.3. The fourth-order valence-electron chi connectivity index (χ4n) is 6.16. The minimum atomic E-state index is -0.173. The van der Waals surface area contributed by atoms with Crippen molar-refractivity contribution in [3.05, 3.63) is 136 Å². The molecule has 44 heavy (non-hydrogen) atoms. The number of para-hydroxylation sites is 1. The maximum atomic E-state index is 14.4. The monoisotopic (exact) mass is 586 g/mol. The summed E-state index contributed by atoms with van der Waals surface area (Å²) in [5, 5.41) is 4.52. The van der Waals surface area contributed by atoms with E-state index in [-0.39, 0.29) is 17.5 Å². The second kappa shape index (κ2) is 13.2. The van der Waals surface area contributed by atoms with Gasteiger partial charge in [-0.15, -0.1) is 0 Å². The van der Waals surface area contributed by atoms with Crippen LogP contribution in [-0.4, -0.2) is 48.7 Å². The molecule has 6 rings (SSSR count). The third-order valence-corrected chi connectivity index (χ3v) is 8.53. The van der Waals surface area contributed by atoms with E-state index in [0.717, 1.165) is 55.3 Å². The molecule has 1 atom stereocenters. The second-order valence-corrected chi connectivity index (χ2v) is 11.1. The molecule has 2 heterocycles. The summed E-state index contributed by atoms with van der Waals surface area (Å²) in [6, 6.07) is 35.2. The Morgan fingerprint density at radius 2 is 1.39 bits per heavy atom. The fraction of sp³-hybridized carbons (Fsp3) is 0.243. The second-order valence-electron chi connectivity index (χ2n) is 11.1. The van der Waals surface area contributed by atoms with E-state index >= 15 is 0 Å². The van der Waals surface area contributed by atoms with Crippen LogP contribution in [0, 0.1) is 0 Å². The summed E-state index contributed by atoms with van der Waals surface area (Å²) in [4.78, 5) is 33.2. The number of ether oxygens (including phenoxy) is 1. The number of piperazine rings is 1. The smallest absolute Gasteiger partial charge is 0.263 e. The van der Waals surface area contributed by atoms with Gasteiger partial charge in [0.2, 0.25) is 0 Å². The van der Waals surface area contributed by atoms with Gasteiger partial charge in [0, 0.05) is 54.9 Å². The Bertz CT molecular complexity index is 1780. The number of hydrogen-bond acceptors (Lipinski definition) is 5. The number of amides is 1. The van der Waals surface area contributed by atoms with Crippen molar-refractivity contribution < 1.29 is 9.53 Å². The molecule has 1 aliphatic heterocycles. The molecule has 1 amide bonds. The molecule has 0 aliphatic carbocycles. The van der Waals surface area contributed by atoms with Crippen molar-refractivity contribution in [1.29, 1.82) is 0 Å². The van der Waals surface area contributed by atoms with Gasteiger partial charge in [0.05, 0.1) is 24.4 Å². The molecule has 1 fully saturated rings. The van der Waals surface area contributed by atoms with Crippen molar-refractivity contribution in [2.24, 2.45) is 0 Å². The van der Waals surface area contributed by atoms with Crippen LogP contribution in [0.25, 0.3) is 16.5 Å². The third-order valence-electron chi connectivity index (χ3n) is 8.53. The van der Waals surface area contributed by atoms with Gasteiger partial charge < -0.3 is 15.0 Å². The van der Waals surface area contributed by atoms with Crippen LogP contribution in [0.2, 0.25) is 0 Å². The van der Waals surface area contributed by atoms with Gasteiger partial charge in [0.15, 0.2) is 0 Å². The van der Waals surface area contributed by atoms with E-state index in [1.54, 1.807) is 11.7 Å². The average molecular weight is 587 g/mol. The summed E-state index contributed by atoms with van der Waals surface area (Å²) >= 11 is 0. The zero-order chi connectivity index (χ0) is 30.5. The quantitative estimate of drug-likeness (QED) is 0.223. The Balaban J connectivity index is 1.39. The number of pyridine rings is 1. The maximum absolute atomic E-state index is 14.4. The van der Waals surface area contributed by atoms with Crippen molar-refractivity contribution in [1.82, 2.24) is 14.8 Å². The molecule has 0 spiro atoms. The standard InChI is InChI=1S/C37H38N4O3/c1-3-33(27-12-6-4-7-13-27)38-36(42)35-31-16-10-11-17-32(31)37(43)41(29-14-8-5-9-15-29)34(35)26-39-22-24-40(25-23-39)28-18-20-30(44-2)21-19-28/h4-21,33H,3,22-26H2,1-2H3,(H,38,42)/t33-/m0/s1.